The van der Waals surface area contributed by atoms with Crippen molar-refractivity contribution in [1.82, 2.24) is 9.97 Å². The Morgan fingerprint density at radius 1 is 1.24 bits per heavy atom. The van der Waals surface area contributed by atoms with E-state index in [1.807, 2.05) is 36.2 Å². The molecule has 0 radical (unpaired) electrons. The van der Waals surface area contributed by atoms with Crippen LogP contribution in [0.25, 0.3) is 0 Å². The van der Waals surface area contributed by atoms with Crippen molar-refractivity contribution in [3.63, 3.8) is 0 Å². The molecule has 2 N–H and O–H groups in total. The lowest BCUT2D eigenvalue weighted by molar-refractivity contribution is 0.891. The highest BCUT2D eigenvalue weighted by atomic mass is 35.5. The second kappa shape index (κ2) is 5.01. The zero-order valence-corrected chi connectivity index (χ0v) is 10.2. The fraction of sp³-hybridized carbons (Fsp3) is 0.167. The van der Waals surface area contributed by atoms with Gasteiger partial charge in [0, 0.05) is 18.6 Å². The van der Waals surface area contributed by atoms with Gasteiger partial charge < -0.3 is 10.6 Å². The zero-order chi connectivity index (χ0) is 12.3. The third kappa shape index (κ3) is 2.85. The van der Waals surface area contributed by atoms with E-state index in [1.54, 1.807) is 12.4 Å². The number of hydrogen-bond donors (Lipinski definition) is 1. The lowest BCUT2D eigenvalue weighted by Crippen LogP contribution is -2.18. The number of aromatic nitrogens is 2. The van der Waals surface area contributed by atoms with E-state index < -0.39 is 0 Å². The van der Waals surface area contributed by atoms with Crippen LogP contribution < -0.4 is 10.6 Å². The molecule has 0 aliphatic heterocycles. The van der Waals surface area contributed by atoms with Crippen molar-refractivity contribution >= 4 is 23.2 Å². The van der Waals surface area contributed by atoms with Crippen LogP contribution in [0.15, 0.2) is 36.7 Å². The van der Waals surface area contributed by atoms with Gasteiger partial charge in [0.1, 0.15) is 11.6 Å². The summed E-state index contributed by atoms with van der Waals surface area (Å²) >= 11 is 6.10. The molecule has 0 saturated heterocycles. The van der Waals surface area contributed by atoms with Gasteiger partial charge in [-0.1, -0.05) is 29.8 Å². The molecule has 0 aliphatic rings. The van der Waals surface area contributed by atoms with Crippen LogP contribution in [0.1, 0.15) is 5.56 Å². The van der Waals surface area contributed by atoms with Gasteiger partial charge in [-0.25, -0.2) is 9.97 Å². The summed E-state index contributed by atoms with van der Waals surface area (Å²) in [5.74, 6) is 1.18. The summed E-state index contributed by atoms with van der Waals surface area (Å²) < 4.78 is 0. The molecule has 17 heavy (non-hydrogen) atoms. The predicted molar refractivity (Wildman–Crippen MR) is 70.0 cm³/mol. The lowest BCUT2D eigenvalue weighted by atomic mass is 10.2. The lowest BCUT2D eigenvalue weighted by Gasteiger charge is -2.18. The fourth-order valence-electron chi connectivity index (χ4n) is 1.49. The number of hydrogen-bond acceptors (Lipinski definition) is 4. The van der Waals surface area contributed by atoms with E-state index in [-0.39, 0.29) is 0 Å². The molecular formula is C12H13ClN4. The van der Waals surface area contributed by atoms with Crippen LogP contribution in [0, 0.1) is 0 Å². The highest BCUT2D eigenvalue weighted by Crippen LogP contribution is 2.18. The number of rotatable bonds is 3. The maximum atomic E-state index is 6.10. The van der Waals surface area contributed by atoms with Gasteiger partial charge in [0.05, 0.1) is 12.4 Å². The summed E-state index contributed by atoms with van der Waals surface area (Å²) in [6, 6.07) is 7.74. The minimum absolute atomic E-state index is 0.417. The molecule has 1 aromatic heterocycles. The SMILES string of the molecule is CN(Cc1ccccc1Cl)c1cnc(N)cn1. The van der Waals surface area contributed by atoms with Crippen LogP contribution in [0.5, 0.6) is 0 Å². The van der Waals surface area contributed by atoms with Gasteiger partial charge in [-0.3, -0.25) is 0 Å². The van der Waals surface area contributed by atoms with Crippen molar-refractivity contribution in [1.29, 1.82) is 0 Å². The minimum Gasteiger partial charge on any atom is -0.382 e. The molecule has 0 amide bonds. The number of halogens is 1. The Hall–Kier alpha value is -1.81. The van der Waals surface area contributed by atoms with E-state index >= 15 is 0 Å². The topological polar surface area (TPSA) is 55.0 Å². The molecule has 2 rings (SSSR count). The van der Waals surface area contributed by atoms with Gasteiger partial charge in [0.15, 0.2) is 0 Å². The molecule has 4 nitrogen and oxygen atoms in total. The average molecular weight is 249 g/mol. The second-order valence-corrected chi connectivity index (χ2v) is 4.15. The van der Waals surface area contributed by atoms with Gasteiger partial charge >= 0.3 is 0 Å². The van der Waals surface area contributed by atoms with Gasteiger partial charge in [-0.05, 0) is 11.6 Å². The van der Waals surface area contributed by atoms with Crippen molar-refractivity contribution in [3.8, 4) is 0 Å². The maximum Gasteiger partial charge on any atom is 0.147 e. The van der Waals surface area contributed by atoms with E-state index in [2.05, 4.69) is 9.97 Å². The van der Waals surface area contributed by atoms with Gasteiger partial charge in [-0.15, -0.1) is 0 Å². The van der Waals surface area contributed by atoms with Crippen molar-refractivity contribution in [3.05, 3.63) is 47.2 Å². The molecule has 1 aromatic carbocycles. The number of nitrogens with zero attached hydrogens (tertiary/aromatic N) is 3. The summed E-state index contributed by atoms with van der Waals surface area (Å²) in [5.41, 5.74) is 6.54. The summed E-state index contributed by atoms with van der Waals surface area (Å²) in [6.45, 7) is 0.679. The first-order chi connectivity index (χ1) is 8.16. The second-order valence-electron chi connectivity index (χ2n) is 3.75. The first kappa shape index (κ1) is 11.7. The molecule has 0 bridgehead atoms. The summed E-state index contributed by atoms with van der Waals surface area (Å²) in [7, 11) is 1.93. The monoisotopic (exact) mass is 248 g/mol. The van der Waals surface area contributed by atoms with E-state index in [9.17, 15) is 0 Å². The standard InChI is InChI=1S/C12H13ClN4/c1-17(12-7-15-11(14)6-16-12)8-9-4-2-3-5-10(9)13/h2-7H,8H2,1H3,(H2,14,15). The summed E-state index contributed by atoms with van der Waals surface area (Å²) in [5, 5.41) is 0.753. The number of nitrogen functional groups attached to an aromatic ring is 1. The van der Waals surface area contributed by atoms with Crippen LogP contribution in [0.4, 0.5) is 11.6 Å². The van der Waals surface area contributed by atoms with E-state index in [0.29, 0.717) is 12.4 Å². The Kier molecular flexibility index (Phi) is 3.44. The average Bonchev–Trinajstić information content (AvgIpc) is 2.33. The quantitative estimate of drug-likeness (QED) is 0.906. The molecule has 0 fully saturated rings. The smallest absolute Gasteiger partial charge is 0.147 e. The van der Waals surface area contributed by atoms with Gasteiger partial charge in [0.25, 0.3) is 0 Å². The van der Waals surface area contributed by atoms with Crippen molar-refractivity contribution < 1.29 is 0 Å². The minimum atomic E-state index is 0.417. The van der Waals surface area contributed by atoms with Crippen LogP contribution in [0.2, 0.25) is 5.02 Å². The Balaban J connectivity index is 2.14. The Morgan fingerprint density at radius 3 is 2.65 bits per heavy atom. The first-order valence-corrected chi connectivity index (χ1v) is 5.56. The third-order valence-electron chi connectivity index (χ3n) is 2.41. The molecule has 2 aromatic rings. The van der Waals surface area contributed by atoms with Crippen LogP contribution in [-0.4, -0.2) is 17.0 Å². The molecule has 0 atom stereocenters. The first-order valence-electron chi connectivity index (χ1n) is 5.19. The number of benzene rings is 1. The molecule has 1 heterocycles. The molecule has 0 aliphatic carbocycles. The van der Waals surface area contributed by atoms with Crippen molar-refractivity contribution in [2.45, 2.75) is 6.54 Å². The molecule has 0 spiro atoms. The van der Waals surface area contributed by atoms with E-state index in [0.717, 1.165) is 16.4 Å². The summed E-state index contributed by atoms with van der Waals surface area (Å²) in [4.78, 5) is 10.2. The summed E-state index contributed by atoms with van der Waals surface area (Å²) in [6.07, 6.45) is 3.19. The largest absolute Gasteiger partial charge is 0.382 e. The molecule has 5 heteroatoms. The highest BCUT2D eigenvalue weighted by Gasteiger charge is 2.06. The number of anilines is 2. The Morgan fingerprint density at radius 2 is 2.00 bits per heavy atom. The predicted octanol–water partition coefficient (Wildman–Crippen LogP) is 2.35. The van der Waals surface area contributed by atoms with Crippen LogP contribution in [0.3, 0.4) is 0 Å². The molecule has 0 unspecified atom stereocenters. The van der Waals surface area contributed by atoms with E-state index in [1.165, 1.54) is 0 Å². The Bertz CT molecular complexity index is 498. The zero-order valence-electron chi connectivity index (χ0n) is 9.47. The molecule has 88 valence electrons. The van der Waals surface area contributed by atoms with Gasteiger partial charge in [0.2, 0.25) is 0 Å². The van der Waals surface area contributed by atoms with Gasteiger partial charge in [-0.2, -0.15) is 0 Å². The molecule has 0 saturated carbocycles. The Labute approximate surface area is 105 Å². The van der Waals surface area contributed by atoms with E-state index in [4.69, 9.17) is 17.3 Å². The van der Waals surface area contributed by atoms with Crippen LogP contribution in [-0.2, 0) is 6.54 Å². The van der Waals surface area contributed by atoms with Crippen LogP contribution >= 0.6 is 11.6 Å². The normalized spacial score (nSPS) is 10.2. The maximum absolute atomic E-state index is 6.10. The van der Waals surface area contributed by atoms with Crippen molar-refractivity contribution in [2.75, 3.05) is 17.7 Å². The fourth-order valence-corrected chi connectivity index (χ4v) is 1.69. The molecular weight excluding hydrogens is 236 g/mol. The van der Waals surface area contributed by atoms with Crippen molar-refractivity contribution in [2.24, 2.45) is 0 Å². The number of nitrogens with two attached hydrogens (primary N) is 1. The highest BCUT2D eigenvalue weighted by molar-refractivity contribution is 6.31. The third-order valence-corrected chi connectivity index (χ3v) is 2.78.